The second-order valence-corrected chi connectivity index (χ2v) is 7.70. The second kappa shape index (κ2) is 8.79. The van der Waals surface area contributed by atoms with Gasteiger partial charge in [0.05, 0.1) is 10.6 Å². The van der Waals surface area contributed by atoms with Crippen molar-refractivity contribution in [3.63, 3.8) is 0 Å². The van der Waals surface area contributed by atoms with E-state index < -0.39 is 16.4 Å². The third-order valence-electron chi connectivity index (χ3n) is 4.70. The summed E-state index contributed by atoms with van der Waals surface area (Å²) in [7, 11) is 0. The van der Waals surface area contributed by atoms with E-state index in [9.17, 15) is 20.0 Å². The standard InChI is InChI=1S/C22H20N2O4S/c1-2-22(21(25)26,15-18-13-14-19(29-18)24(27)28)23-20(16-9-5-3-6-10-16)17-11-7-4-8-12-17/h3-14H,2,15H2,1H3,(H,25,26). The normalized spacial score (nSPS) is 12.7. The Morgan fingerprint density at radius 3 is 2.00 bits per heavy atom. The molecule has 7 heteroatoms. The molecule has 0 aliphatic carbocycles. The van der Waals surface area contributed by atoms with Gasteiger partial charge in [-0.2, -0.15) is 0 Å². The van der Waals surface area contributed by atoms with Gasteiger partial charge < -0.3 is 5.11 Å². The molecule has 1 aromatic heterocycles. The lowest BCUT2D eigenvalue weighted by molar-refractivity contribution is -0.380. The first-order valence-corrected chi connectivity index (χ1v) is 9.94. The molecule has 3 rings (SSSR count). The molecule has 0 radical (unpaired) electrons. The average Bonchev–Trinajstić information content (AvgIpc) is 3.21. The van der Waals surface area contributed by atoms with E-state index in [1.807, 2.05) is 60.7 Å². The number of nitro groups is 1. The zero-order valence-corrected chi connectivity index (χ0v) is 16.6. The number of carboxylic acids is 1. The lowest BCUT2D eigenvalue weighted by atomic mass is 9.90. The van der Waals surface area contributed by atoms with Crippen LogP contribution in [0.3, 0.4) is 0 Å². The number of hydrogen-bond donors (Lipinski definition) is 1. The summed E-state index contributed by atoms with van der Waals surface area (Å²) in [6.45, 7) is 1.77. The largest absolute Gasteiger partial charge is 0.479 e. The predicted octanol–water partition coefficient (Wildman–Crippen LogP) is 4.97. The molecule has 29 heavy (non-hydrogen) atoms. The maximum Gasteiger partial charge on any atom is 0.331 e. The number of benzene rings is 2. The van der Waals surface area contributed by atoms with Crippen LogP contribution in [0.5, 0.6) is 0 Å². The first kappa shape index (κ1) is 20.4. The highest BCUT2D eigenvalue weighted by atomic mass is 32.1. The fourth-order valence-electron chi connectivity index (χ4n) is 3.07. The maximum atomic E-state index is 12.4. The summed E-state index contributed by atoms with van der Waals surface area (Å²) in [6, 6.07) is 21.9. The molecule has 1 heterocycles. The summed E-state index contributed by atoms with van der Waals surface area (Å²) in [5.41, 5.74) is 0.783. The van der Waals surface area contributed by atoms with Gasteiger partial charge in [0.25, 0.3) is 0 Å². The number of nitrogens with zero attached hydrogens (tertiary/aromatic N) is 2. The van der Waals surface area contributed by atoms with E-state index >= 15 is 0 Å². The predicted molar refractivity (Wildman–Crippen MR) is 114 cm³/mol. The van der Waals surface area contributed by atoms with Crippen molar-refractivity contribution in [1.29, 1.82) is 0 Å². The van der Waals surface area contributed by atoms with Gasteiger partial charge in [-0.25, -0.2) is 4.79 Å². The Kier molecular flexibility index (Phi) is 6.19. The molecule has 1 atom stereocenters. The quantitative estimate of drug-likeness (QED) is 0.323. The summed E-state index contributed by atoms with van der Waals surface area (Å²) in [5, 5.41) is 21.1. The van der Waals surface area contributed by atoms with Crippen molar-refractivity contribution in [3.05, 3.63) is 98.9 Å². The van der Waals surface area contributed by atoms with Gasteiger partial charge in [0.15, 0.2) is 5.54 Å². The minimum Gasteiger partial charge on any atom is -0.479 e. The fraction of sp³-hybridized carbons (Fsp3) is 0.182. The van der Waals surface area contributed by atoms with Gasteiger partial charge >= 0.3 is 11.0 Å². The molecular formula is C22H20N2O4S. The highest BCUT2D eigenvalue weighted by Crippen LogP contribution is 2.31. The monoisotopic (exact) mass is 408 g/mol. The fourth-order valence-corrected chi connectivity index (χ4v) is 3.99. The number of thiophene rings is 1. The second-order valence-electron chi connectivity index (χ2n) is 6.56. The minimum absolute atomic E-state index is 0.00860. The summed E-state index contributed by atoms with van der Waals surface area (Å²) >= 11 is 0.988. The number of rotatable bonds is 8. The third kappa shape index (κ3) is 4.57. The number of hydrogen-bond acceptors (Lipinski definition) is 5. The van der Waals surface area contributed by atoms with Crippen LogP contribution in [0.1, 0.15) is 29.3 Å². The Balaban J connectivity index is 2.12. The average molecular weight is 408 g/mol. The Morgan fingerprint density at radius 1 is 1.03 bits per heavy atom. The number of carbonyl (C=O) groups is 1. The smallest absolute Gasteiger partial charge is 0.331 e. The van der Waals surface area contributed by atoms with E-state index in [1.165, 1.54) is 6.07 Å². The Hall–Kier alpha value is -3.32. The lowest BCUT2D eigenvalue weighted by Gasteiger charge is -2.25. The van der Waals surface area contributed by atoms with Crippen LogP contribution >= 0.6 is 11.3 Å². The van der Waals surface area contributed by atoms with Crippen LogP contribution in [0.2, 0.25) is 0 Å². The van der Waals surface area contributed by atoms with Crippen LogP contribution in [-0.2, 0) is 11.2 Å². The highest BCUT2D eigenvalue weighted by Gasteiger charge is 2.38. The van der Waals surface area contributed by atoms with Gasteiger partial charge in [-0.15, -0.1) is 0 Å². The van der Waals surface area contributed by atoms with Gasteiger partial charge in [0.2, 0.25) is 0 Å². The highest BCUT2D eigenvalue weighted by molar-refractivity contribution is 7.15. The summed E-state index contributed by atoms with van der Waals surface area (Å²) in [4.78, 5) is 28.3. The van der Waals surface area contributed by atoms with Crippen molar-refractivity contribution in [2.75, 3.05) is 0 Å². The summed E-state index contributed by atoms with van der Waals surface area (Å²) < 4.78 is 0. The number of aliphatic imine (C=N–C) groups is 1. The number of carboxylic acid groups (broad SMARTS) is 1. The van der Waals surface area contributed by atoms with Crippen LogP contribution in [0, 0.1) is 10.1 Å². The van der Waals surface area contributed by atoms with Crippen molar-refractivity contribution in [3.8, 4) is 0 Å². The number of aliphatic carboxylic acids is 1. The Bertz CT molecular complexity index is 990. The molecule has 2 aromatic carbocycles. The molecule has 0 aliphatic rings. The van der Waals surface area contributed by atoms with Gasteiger partial charge in [-0.05, 0) is 12.5 Å². The van der Waals surface area contributed by atoms with Gasteiger partial charge in [0, 0.05) is 28.5 Å². The summed E-state index contributed by atoms with van der Waals surface area (Å²) in [6.07, 6.45) is 0.331. The van der Waals surface area contributed by atoms with E-state index in [4.69, 9.17) is 4.99 Å². The zero-order chi connectivity index (χ0) is 20.9. The Labute approximate surface area is 172 Å². The first-order valence-electron chi connectivity index (χ1n) is 9.12. The van der Waals surface area contributed by atoms with Gasteiger partial charge in [-0.3, -0.25) is 15.1 Å². The zero-order valence-electron chi connectivity index (χ0n) is 15.8. The van der Waals surface area contributed by atoms with Crippen LogP contribution in [0.15, 0.2) is 77.8 Å². The van der Waals surface area contributed by atoms with E-state index in [-0.39, 0.29) is 17.8 Å². The van der Waals surface area contributed by atoms with Gasteiger partial charge in [0.1, 0.15) is 0 Å². The van der Waals surface area contributed by atoms with Crippen LogP contribution in [-0.4, -0.2) is 27.2 Å². The van der Waals surface area contributed by atoms with Crippen molar-refractivity contribution in [2.45, 2.75) is 25.3 Å². The SMILES string of the molecule is CCC(Cc1ccc([N+](=O)[O-])s1)(N=C(c1ccccc1)c1ccccc1)C(=O)O. The van der Waals surface area contributed by atoms with Crippen LogP contribution < -0.4 is 0 Å². The topological polar surface area (TPSA) is 92.8 Å². The molecule has 6 nitrogen and oxygen atoms in total. The maximum absolute atomic E-state index is 12.4. The van der Waals surface area contributed by atoms with E-state index in [2.05, 4.69) is 0 Å². The molecule has 0 fully saturated rings. The molecule has 1 unspecified atom stereocenters. The minimum atomic E-state index is -1.43. The molecular weight excluding hydrogens is 388 g/mol. The van der Waals surface area contributed by atoms with E-state index in [0.717, 1.165) is 22.5 Å². The van der Waals surface area contributed by atoms with Crippen LogP contribution in [0.25, 0.3) is 0 Å². The van der Waals surface area contributed by atoms with Crippen molar-refractivity contribution >= 4 is 28.0 Å². The van der Waals surface area contributed by atoms with Crippen molar-refractivity contribution in [2.24, 2.45) is 4.99 Å². The van der Waals surface area contributed by atoms with Gasteiger partial charge in [-0.1, -0.05) is 78.9 Å². The van der Waals surface area contributed by atoms with E-state index in [0.29, 0.717) is 10.6 Å². The van der Waals surface area contributed by atoms with Crippen molar-refractivity contribution < 1.29 is 14.8 Å². The van der Waals surface area contributed by atoms with E-state index in [1.54, 1.807) is 13.0 Å². The lowest BCUT2D eigenvalue weighted by Crippen LogP contribution is -2.39. The molecule has 3 aromatic rings. The molecule has 1 N–H and O–H groups in total. The molecule has 0 spiro atoms. The molecule has 148 valence electrons. The first-order chi connectivity index (χ1) is 13.9. The molecule has 0 bridgehead atoms. The Morgan fingerprint density at radius 2 is 1.59 bits per heavy atom. The molecule has 0 amide bonds. The van der Waals surface area contributed by atoms with Crippen molar-refractivity contribution in [1.82, 2.24) is 0 Å². The third-order valence-corrected chi connectivity index (χ3v) is 5.73. The summed E-state index contributed by atoms with van der Waals surface area (Å²) in [5.74, 6) is -1.06. The van der Waals surface area contributed by atoms with Crippen LogP contribution in [0.4, 0.5) is 5.00 Å². The molecule has 0 saturated carbocycles. The molecule has 0 aliphatic heterocycles. The molecule has 0 saturated heterocycles.